The molecule has 1 aromatic carbocycles. The van der Waals surface area contributed by atoms with E-state index < -0.39 is 36.8 Å². The summed E-state index contributed by atoms with van der Waals surface area (Å²) in [6, 6.07) is 2.97. The van der Waals surface area contributed by atoms with Crippen LogP contribution in [0.15, 0.2) is 24.8 Å². The molecule has 0 radical (unpaired) electrons. The van der Waals surface area contributed by atoms with E-state index in [9.17, 15) is 19.2 Å². The maximum Gasteiger partial charge on any atom is 0.516 e. The van der Waals surface area contributed by atoms with Crippen LogP contribution >= 0.6 is 0 Å². The lowest BCUT2D eigenvalue weighted by molar-refractivity contribution is -0.147. The summed E-state index contributed by atoms with van der Waals surface area (Å²) in [4.78, 5) is 46.1. The number of carbonyl (C=O) groups excluding carboxylic acids is 3. The van der Waals surface area contributed by atoms with E-state index in [1.54, 1.807) is 13.8 Å². The van der Waals surface area contributed by atoms with Gasteiger partial charge in [0, 0.05) is 6.08 Å². The average molecular weight is 420 g/mol. The summed E-state index contributed by atoms with van der Waals surface area (Å²) in [6.07, 6.45) is 1.71. The van der Waals surface area contributed by atoms with E-state index in [1.165, 1.54) is 12.1 Å². The molecule has 0 bridgehead atoms. The highest BCUT2D eigenvalue weighted by molar-refractivity contribution is 5.81. The van der Waals surface area contributed by atoms with Crippen LogP contribution in [0.2, 0.25) is 0 Å². The Hall–Kier alpha value is -3.36. The minimum Gasteiger partial charge on any atom is -0.481 e. The van der Waals surface area contributed by atoms with Gasteiger partial charge in [0.2, 0.25) is 6.79 Å². The lowest BCUT2D eigenvalue weighted by Crippen LogP contribution is -2.28. The molecule has 0 saturated heterocycles. The number of aliphatic carboxylic acids is 1. The van der Waals surface area contributed by atoms with Crippen molar-refractivity contribution in [3.8, 4) is 11.5 Å². The second kappa shape index (κ2) is 10.4. The zero-order chi connectivity index (χ0) is 22.3. The van der Waals surface area contributed by atoms with Gasteiger partial charge in [0.15, 0.2) is 0 Å². The van der Waals surface area contributed by atoms with Crippen molar-refractivity contribution in [2.45, 2.75) is 39.5 Å². The molecular weight excluding hydrogens is 396 g/mol. The molecule has 1 aliphatic carbocycles. The van der Waals surface area contributed by atoms with Crippen LogP contribution in [0, 0.1) is 25.7 Å². The second-order valence-electron chi connectivity index (χ2n) is 6.90. The van der Waals surface area contributed by atoms with Gasteiger partial charge >= 0.3 is 24.1 Å². The fourth-order valence-electron chi connectivity index (χ4n) is 3.07. The summed E-state index contributed by atoms with van der Waals surface area (Å²) < 4.78 is 19.7. The van der Waals surface area contributed by atoms with Gasteiger partial charge in [-0.25, -0.2) is 9.59 Å². The molecule has 1 aliphatic rings. The monoisotopic (exact) mass is 420 g/mol. The van der Waals surface area contributed by atoms with Crippen molar-refractivity contribution < 1.29 is 43.2 Å². The van der Waals surface area contributed by atoms with Crippen molar-refractivity contribution in [2.24, 2.45) is 11.8 Å². The van der Waals surface area contributed by atoms with Crippen molar-refractivity contribution in [3.05, 3.63) is 35.9 Å². The van der Waals surface area contributed by atoms with Crippen LogP contribution in [-0.2, 0) is 23.9 Å². The number of carboxylic acid groups (broad SMARTS) is 1. The molecule has 0 atom stereocenters. The number of carbonyl (C=O) groups is 4. The lowest BCUT2D eigenvalue weighted by atomic mass is 9.82. The number of hydrogen-bond donors (Lipinski definition) is 1. The minimum atomic E-state index is -1.06. The van der Waals surface area contributed by atoms with Crippen LogP contribution in [0.5, 0.6) is 11.5 Å². The largest absolute Gasteiger partial charge is 0.516 e. The first-order valence-electron chi connectivity index (χ1n) is 9.41. The average Bonchev–Trinajstić information content (AvgIpc) is 2.73. The summed E-state index contributed by atoms with van der Waals surface area (Å²) in [6.45, 7) is 6.00. The van der Waals surface area contributed by atoms with Gasteiger partial charge in [-0.05, 0) is 62.8 Å². The summed E-state index contributed by atoms with van der Waals surface area (Å²) in [7, 11) is 0. The van der Waals surface area contributed by atoms with Crippen molar-refractivity contribution in [3.63, 3.8) is 0 Å². The Balaban J connectivity index is 1.93. The summed E-state index contributed by atoms with van der Waals surface area (Å²) in [5.74, 6) is -2.19. The van der Waals surface area contributed by atoms with E-state index in [-0.39, 0.29) is 11.7 Å². The van der Waals surface area contributed by atoms with E-state index in [0.29, 0.717) is 42.6 Å². The molecule has 0 heterocycles. The Morgan fingerprint density at radius 2 is 1.50 bits per heavy atom. The standard InChI is InChI=1S/C21H24O9/c1-4-18(22)27-11-28-21(26)30-17-10-9-16(12(2)13(17)3)29-20(25)15-7-5-14(6-8-15)19(23)24/h4,9-10,14-15H,1,5-8,11H2,2-3H3,(H,23,24). The quantitative estimate of drug-likeness (QED) is 0.232. The molecule has 0 amide bonds. The molecule has 9 heteroatoms. The van der Waals surface area contributed by atoms with Gasteiger partial charge < -0.3 is 24.1 Å². The summed E-state index contributed by atoms with van der Waals surface area (Å²) in [5, 5.41) is 9.05. The van der Waals surface area contributed by atoms with Crippen molar-refractivity contribution >= 4 is 24.1 Å². The topological polar surface area (TPSA) is 125 Å². The number of hydrogen-bond acceptors (Lipinski definition) is 8. The predicted molar refractivity (Wildman–Crippen MR) is 103 cm³/mol. The molecule has 0 unspecified atom stereocenters. The molecule has 0 aliphatic heterocycles. The van der Waals surface area contributed by atoms with Gasteiger partial charge in [0.25, 0.3) is 0 Å². The van der Waals surface area contributed by atoms with Gasteiger partial charge in [0.1, 0.15) is 11.5 Å². The molecular formula is C21H24O9. The third-order valence-electron chi connectivity index (χ3n) is 5.05. The Labute approximate surface area is 173 Å². The summed E-state index contributed by atoms with van der Waals surface area (Å²) >= 11 is 0. The SMILES string of the molecule is C=CC(=O)OCOC(=O)Oc1ccc(OC(=O)C2CCC(C(=O)O)CC2)c(C)c1C. The first kappa shape index (κ1) is 22.9. The second-order valence-corrected chi connectivity index (χ2v) is 6.90. The minimum absolute atomic E-state index is 0.203. The molecule has 9 nitrogen and oxygen atoms in total. The first-order chi connectivity index (χ1) is 14.2. The van der Waals surface area contributed by atoms with Crippen LogP contribution in [0.4, 0.5) is 4.79 Å². The van der Waals surface area contributed by atoms with Crippen molar-refractivity contribution in [2.75, 3.05) is 6.79 Å². The molecule has 0 spiro atoms. The van der Waals surface area contributed by atoms with Crippen LogP contribution in [-0.4, -0.2) is 36.0 Å². The van der Waals surface area contributed by atoms with Crippen LogP contribution in [0.1, 0.15) is 36.8 Å². The number of esters is 2. The molecule has 162 valence electrons. The summed E-state index contributed by atoms with van der Waals surface area (Å²) in [5.41, 5.74) is 1.17. The van der Waals surface area contributed by atoms with Crippen molar-refractivity contribution in [1.29, 1.82) is 0 Å². The van der Waals surface area contributed by atoms with E-state index in [0.717, 1.165) is 6.08 Å². The van der Waals surface area contributed by atoms with Gasteiger partial charge in [0.05, 0.1) is 11.8 Å². The molecule has 30 heavy (non-hydrogen) atoms. The highest BCUT2D eigenvalue weighted by atomic mass is 16.8. The van der Waals surface area contributed by atoms with Crippen LogP contribution in [0.3, 0.4) is 0 Å². The van der Waals surface area contributed by atoms with Gasteiger partial charge in [-0.1, -0.05) is 6.58 Å². The fraction of sp³-hybridized carbons (Fsp3) is 0.429. The van der Waals surface area contributed by atoms with Crippen molar-refractivity contribution in [1.82, 2.24) is 0 Å². The maximum atomic E-state index is 12.4. The number of carboxylic acids is 1. The zero-order valence-electron chi connectivity index (χ0n) is 16.8. The molecule has 1 saturated carbocycles. The molecule has 2 rings (SSSR count). The van der Waals surface area contributed by atoms with E-state index in [1.807, 2.05) is 0 Å². The highest BCUT2D eigenvalue weighted by Crippen LogP contribution is 2.33. The molecule has 1 fully saturated rings. The smallest absolute Gasteiger partial charge is 0.481 e. The highest BCUT2D eigenvalue weighted by Gasteiger charge is 2.31. The van der Waals surface area contributed by atoms with E-state index >= 15 is 0 Å². The third kappa shape index (κ3) is 6.07. The lowest BCUT2D eigenvalue weighted by Gasteiger charge is -2.24. The predicted octanol–water partition coefficient (Wildman–Crippen LogP) is 3.30. The number of benzene rings is 1. The normalized spacial score (nSPS) is 18.1. The molecule has 1 aromatic rings. The van der Waals surface area contributed by atoms with Gasteiger partial charge in [-0.3, -0.25) is 9.59 Å². The molecule has 0 aromatic heterocycles. The number of ether oxygens (including phenoxy) is 4. The van der Waals surface area contributed by atoms with Gasteiger partial charge in [-0.2, -0.15) is 0 Å². The Kier molecular flexibility index (Phi) is 7.97. The third-order valence-corrected chi connectivity index (χ3v) is 5.05. The van der Waals surface area contributed by atoms with E-state index in [4.69, 9.17) is 14.6 Å². The Bertz CT molecular complexity index is 835. The van der Waals surface area contributed by atoms with Gasteiger partial charge in [-0.15, -0.1) is 0 Å². The fourth-order valence-corrected chi connectivity index (χ4v) is 3.07. The molecule has 1 N–H and O–H groups in total. The Morgan fingerprint density at radius 1 is 0.967 bits per heavy atom. The maximum absolute atomic E-state index is 12.4. The Morgan fingerprint density at radius 3 is 2.03 bits per heavy atom. The zero-order valence-corrected chi connectivity index (χ0v) is 16.8. The van der Waals surface area contributed by atoms with Crippen LogP contribution in [0.25, 0.3) is 0 Å². The first-order valence-corrected chi connectivity index (χ1v) is 9.41. The number of rotatable bonds is 7. The van der Waals surface area contributed by atoms with E-state index in [2.05, 4.69) is 16.1 Å². The van der Waals surface area contributed by atoms with Crippen LogP contribution < -0.4 is 9.47 Å².